The second-order valence-electron chi connectivity index (χ2n) is 7.22. The molecule has 0 spiro atoms. The Bertz CT molecular complexity index is 1010. The first-order valence-corrected chi connectivity index (χ1v) is 9.91. The van der Waals surface area contributed by atoms with E-state index in [1.807, 2.05) is 17.0 Å². The maximum absolute atomic E-state index is 13.2. The number of nitrogens with zero attached hydrogens (tertiary/aromatic N) is 2. The number of benzene rings is 2. The van der Waals surface area contributed by atoms with Crippen LogP contribution >= 0.6 is 0 Å². The lowest BCUT2D eigenvalue weighted by Crippen LogP contribution is -2.31. The lowest BCUT2D eigenvalue weighted by atomic mass is 9.95. The van der Waals surface area contributed by atoms with Crippen LogP contribution in [-0.2, 0) is 11.2 Å². The molecule has 0 saturated heterocycles. The summed E-state index contributed by atoms with van der Waals surface area (Å²) in [5.41, 5.74) is 4.82. The van der Waals surface area contributed by atoms with Crippen LogP contribution in [0.3, 0.4) is 0 Å². The van der Waals surface area contributed by atoms with Crippen molar-refractivity contribution in [1.82, 2.24) is 15.1 Å². The van der Waals surface area contributed by atoms with Crippen LogP contribution in [0.25, 0.3) is 11.3 Å². The Morgan fingerprint density at radius 2 is 1.93 bits per heavy atom. The van der Waals surface area contributed by atoms with Gasteiger partial charge in [-0.25, -0.2) is 0 Å². The third-order valence-corrected chi connectivity index (χ3v) is 5.47. The molecule has 3 aromatic rings. The Hall–Kier alpha value is -3.12. The van der Waals surface area contributed by atoms with E-state index in [1.165, 1.54) is 5.56 Å². The van der Waals surface area contributed by atoms with E-state index in [0.717, 1.165) is 24.0 Å². The Kier molecular flexibility index (Phi) is 5.36. The molecule has 0 aliphatic carbocycles. The third kappa shape index (κ3) is 3.40. The largest absolute Gasteiger partial charge is 0.507 e. The number of nitrogens with one attached hydrogen (secondary N) is 1. The molecule has 1 aromatic heterocycles. The number of rotatable bonds is 7. The quantitative estimate of drug-likeness (QED) is 0.598. The summed E-state index contributed by atoms with van der Waals surface area (Å²) in [5, 5.41) is 17.7. The molecule has 29 heavy (non-hydrogen) atoms. The molecule has 1 aliphatic rings. The van der Waals surface area contributed by atoms with E-state index in [0.29, 0.717) is 30.1 Å². The van der Waals surface area contributed by atoms with Crippen LogP contribution in [0.5, 0.6) is 5.75 Å². The van der Waals surface area contributed by atoms with E-state index < -0.39 is 0 Å². The van der Waals surface area contributed by atoms with Gasteiger partial charge >= 0.3 is 0 Å². The minimum atomic E-state index is -0.256. The second-order valence-corrected chi connectivity index (χ2v) is 7.22. The summed E-state index contributed by atoms with van der Waals surface area (Å²) in [6, 6.07) is 15.2. The molecule has 0 radical (unpaired) electrons. The molecule has 0 saturated carbocycles. The van der Waals surface area contributed by atoms with Gasteiger partial charge in [0.25, 0.3) is 5.91 Å². The Labute approximate surface area is 170 Å². The van der Waals surface area contributed by atoms with Gasteiger partial charge in [0.15, 0.2) is 0 Å². The summed E-state index contributed by atoms with van der Waals surface area (Å²) < 4.78 is 5.18. The molecule has 2 heterocycles. The highest BCUT2D eigenvalue weighted by atomic mass is 16.5. The molecule has 0 fully saturated rings. The van der Waals surface area contributed by atoms with Crippen LogP contribution in [0.4, 0.5) is 0 Å². The maximum atomic E-state index is 13.2. The summed E-state index contributed by atoms with van der Waals surface area (Å²) in [6.45, 7) is 3.29. The molecule has 1 aliphatic heterocycles. The Balaban J connectivity index is 1.82. The molecule has 0 bridgehead atoms. The van der Waals surface area contributed by atoms with Gasteiger partial charge in [-0.2, -0.15) is 5.10 Å². The number of hydrogen-bond donors (Lipinski definition) is 2. The normalized spacial score (nSPS) is 15.7. The van der Waals surface area contributed by atoms with Crippen LogP contribution in [0.2, 0.25) is 0 Å². The Morgan fingerprint density at radius 1 is 1.17 bits per heavy atom. The van der Waals surface area contributed by atoms with E-state index in [4.69, 9.17) is 4.74 Å². The van der Waals surface area contributed by atoms with Gasteiger partial charge in [-0.3, -0.25) is 9.89 Å². The molecule has 1 atom stereocenters. The van der Waals surface area contributed by atoms with Crippen molar-refractivity contribution < 1.29 is 14.6 Å². The number of methoxy groups -OCH3 is 1. The smallest absolute Gasteiger partial charge is 0.273 e. The number of carbonyl (C=O) groups excluding carboxylic acids is 1. The molecule has 1 amide bonds. The van der Waals surface area contributed by atoms with Gasteiger partial charge in [-0.15, -0.1) is 0 Å². The SMILES string of the molecule is CCc1ccc([C@H]2c3c(-c4ccccc4O)n[nH]c3C(=O)N2CCCOC)cc1. The van der Waals surface area contributed by atoms with Crippen LogP contribution in [-0.4, -0.2) is 46.4 Å². The zero-order chi connectivity index (χ0) is 20.4. The summed E-state index contributed by atoms with van der Waals surface area (Å²) in [7, 11) is 1.66. The molecule has 4 rings (SSSR count). The molecule has 2 aromatic carbocycles. The first-order chi connectivity index (χ1) is 14.2. The number of phenols is 1. The number of phenolic OH excluding ortho intramolecular Hbond substituents is 1. The average Bonchev–Trinajstić information content (AvgIpc) is 3.28. The highest BCUT2D eigenvalue weighted by molar-refractivity contribution is 6.00. The van der Waals surface area contributed by atoms with Crippen LogP contribution in [0.1, 0.15) is 46.6 Å². The fourth-order valence-electron chi connectivity index (χ4n) is 3.97. The average molecular weight is 391 g/mol. The van der Waals surface area contributed by atoms with Gasteiger partial charge in [-0.1, -0.05) is 43.3 Å². The minimum Gasteiger partial charge on any atom is -0.507 e. The summed E-state index contributed by atoms with van der Waals surface area (Å²) in [5.74, 6) is 0.0713. The van der Waals surface area contributed by atoms with E-state index in [2.05, 4.69) is 41.4 Å². The highest BCUT2D eigenvalue weighted by Gasteiger charge is 2.42. The van der Waals surface area contributed by atoms with Crippen molar-refractivity contribution >= 4 is 5.91 Å². The maximum Gasteiger partial charge on any atom is 0.273 e. The number of aromatic amines is 1. The zero-order valence-corrected chi connectivity index (χ0v) is 16.7. The van der Waals surface area contributed by atoms with Crippen LogP contribution in [0, 0.1) is 0 Å². The lowest BCUT2D eigenvalue weighted by Gasteiger charge is -2.26. The number of carbonyl (C=O) groups is 1. The van der Waals surface area contributed by atoms with E-state index >= 15 is 0 Å². The Morgan fingerprint density at radius 3 is 2.62 bits per heavy atom. The van der Waals surface area contributed by atoms with Gasteiger partial charge in [0, 0.05) is 31.4 Å². The van der Waals surface area contributed by atoms with Gasteiger partial charge in [-0.05, 0) is 36.1 Å². The number of aromatic nitrogens is 2. The van der Waals surface area contributed by atoms with Gasteiger partial charge < -0.3 is 14.7 Å². The number of hydrogen-bond acceptors (Lipinski definition) is 4. The fourth-order valence-corrected chi connectivity index (χ4v) is 3.97. The molecule has 2 N–H and O–H groups in total. The summed E-state index contributed by atoms with van der Waals surface area (Å²) in [6.07, 6.45) is 1.71. The van der Waals surface area contributed by atoms with Gasteiger partial charge in [0.1, 0.15) is 17.1 Å². The summed E-state index contributed by atoms with van der Waals surface area (Å²) in [4.78, 5) is 15.0. The van der Waals surface area contributed by atoms with Crippen LogP contribution < -0.4 is 0 Å². The third-order valence-electron chi connectivity index (χ3n) is 5.47. The monoisotopic (exact) mass is 391 g/mol. The van der Waals surface area contributed by atoms with Gasteiger partial charge in [0.05, 0.1) is 6.04 Å². The van der Waals surface area contributed by atoms with Crippen molar-refractivity contribution in [2.24, 2.45) is 0 Å². The van der Waals surface area contributed by atoms with Crippen LogP contribution in [0.15, 0.2) is 48.5 Å². The molecular formula is C23H25N3O3. The zero-order valence-electron chi connectivity index (χ0n) is 16.7. The molecule has 150 valence electrons. The first-order valence-electron chi connectivity index (χ1n) is 9.91. The summed E-state index contributed by atoms with van der Waals surface area (Å²) >= 11 is 0. The molecular weight excluding hydrogens is 366 g/mol. The van der Waals surface area contributed by atoms with E-state index in [1.54, 1.807) is 19.2 Å². The fraction of sp³-hybridized carbons (Fsp3) is 0.304. The molecule has 0 unspecified atom stereocenters. The molecule has 6 heteroatoms. The van der Waals surface area contributed by atoms with Crippen molar-refractivity contribution in [3.05, 3.63) is 70.9 Å². The topological polar surface area (TPSA) is 78.5 Å². The predicted octanol–water partition coefficient (Wildman–Crippen LogP) is 3.93. The van der Waals surface area contributed by atoms with E-state index in [-0.39, 0.29) is 17.7 Å². The van der Waals surface area contributed by atoms with Crippen molar-refractivity contribution in [1.29, 1.82) is 0 Å². The predicted molar refractivity (Wildman–Crippen MR) is 111 cm³/mol. The van der Waals surface area contributed by atoms with E-state index in [9.17, 15) is 9.90 Å². The van der Waals surface area contributed by atoms with Crippen molar-refractivity contribution in [2.75, 3.05) is 20.3 Å². The highest BCUT2D eigenvalue weighted by Crippen LogP contribution is 2.44. The van der Waals surface area contributed by atoms with Crippen molar-refractivity contribution in [3.8, 4) is 17.0 Å². The number of H-pyrrole nitrogens is 1. The van der Waals surface area contributed by atoms with Crippen molar-refractivity contribution in [2.45, 2.75) is 25.8 Å². The number of aromatic hydroxyl groups is 1. The minimum absolute atomic E-state index is 0.0742. The standard InChI is InChI=1S/C23H25N3O3/c1-3-15-9-11-16(12-10-15)22-19-20(17-7-4-5-8-18(17)27)24-25-21(19)23(28)26(22)13-6-14-29-2/h4-5,7-12,22,27H,3,6,13-14H2,1-2H3,(H,24,25)/t22-/m0/s1. The number of aryl methyl sites for hydroxylation is 1. The molecule has 6 nitrogen and oxygen atoms in total. The number of para-hydroxylation sites is 1. The lowest BCUT2D eigenvalue weighted by molar-refractivity contribution is 0.0723. The number of ether oxygens (including phenoxy) is 1. The van der Waals surface area contributed by atoms with Crippen molar-refractivity contribution in [3.63, 3.8) is 0 Å². The first kappa shape index (κ1) is 19.2. The van der Waals surface area contributed by atoms with Gasteiger partial charge in [0.2, 0.25) is 0 Å². The second kappa shape index (κ2) is 8.09. The number of amides is 1. The number of fused-ring (bicyclic) bond motifs is 1.